The number of benzene rings is 2. The molecule has 0 aliphatic rings. The lowest BCUT2D eigenvalue weighted by molar-refractivity contribution is -0.686. The van der Waals surface area contributed by atoms with E-state index in [4.69, 9.17) is 16.9 Å². The van der Waals surface area contributed by atoms with E-state index < -0.39 is 0 Å². The average molecular weight is 408 g/mol. The number of rotatable bonds is 6. The molecule has 4 nitrogen and oxygen atoms in total. The van der Waals surface area contributed by atoms with Crippen molar-refractivity contribution in [3.05, 3.63) is 63.1 Å². The van der Waals surface area contributed by atoms with Crippen LogP contribution in [0, 0.1) is 11.3 Å². The van der Waals surface area contributed by atoms with Crippen LogP contribution in [-0.4, -0.2) is 12.5 Å². The van der Waals surface area contributed by atoms with E-state index in [0.29, 0.717) is 16.3 Å². The summed E-state index contributed by atoms with van der Waals surface area (Å²) >= 11 is 9.35. The highest BCUT2D eigenvalue weighted by molar-refractivity contribution is 9.10. The van der Waals surface area contributed by atoms with Gasteiger partial charge in [0.25, 0.3) is 5.91 Å². The van der Waals surface area contributed by atoms with Gasteiger partial charge in [-0.05, 0) is 30.3 Å². The Kier molecular flexibility index (Phi) is 6.80. The third kappa shape index (κ3) is 5.07. The van der Waals surface area contributed by atoms with Gasteiger partial charge in [-0.3, -0.25) is 4.79 Å². The fourth-order valence-electron chi connectivity index (χ4n) is 2.42. The second-order valence-corrected chi connectivity index (χ2v) is 6.71. The minimum atomic E-state index is -0.163. The van der Waals surface area contributed by atoms with E-state index in [-0.39, 0.29) is 18.5 Å². The molecule has 24 heavy (non-hydrogen) atoms. The largest absolute Gasteiger partial charge is 0.332 e. The summed E-state index contributed by atoms with van der Waals surface area (Å²) in [6.45, 7) is 2.36. The minimum Gasteiger partial charge on any atom is -0.332 e. The van der Waals surface area contributed by atoms with Crippen LogP contribution in [0.2, 0.25) is 5.02 Å². The summed E-state index contributed by atoms with van der Waals surface area (Å²) in [5.41, 5.74) is 2.02. The van der Waals surface area contributed by atoms with E-state index in [1.165, 1.54) is 5.56 Å². The first kappa shape index (κ1) is 18.5. The van der Waals surface area contributed by atoms with Crippen molar-refractivity contribution in [2.75, 3.05) is 11.9 Å². The summed E-state index contributed by atoms with van der Waals surface area (Å²) in [4.78, 5) is 12.2. The van der Waals surface area contributed by atoms with Crippen LogP contribution in [0.15, 0.2) is 46.9 Å². The van der Waals surface area contributed by atoms with Crippen LogP contribution < -0.4 is 10.6 Å². The van der Waals surface area contributed by atoms with Crippen LogP contribution in [0.5, 0.6) is 0 Å². The standard InChI is InChI=1S/C18H17BrClN3O/c1-2-16(12-3-6-14(19)7-4-12)22-11-18(24)23-17-9-15(20)8-5-13(17)10-21/h3-9,16,22H,2,11H2,1H3,(H,23,24)/p+1/t16-/m0/s1. The average Bonchev–Trinajstić information content (AvgIpc) is 2.57. The zero-order valence-corrected chi connectivity index (χ0v) is 15.6. The number of nitriles is 1. The van der Waals surface area contributed by atoms with Crippen molar-refractivity contribution >= 4 is 39.1 Å². The SMILES string of the molecule is CC[C@H]([NH2+]CC(=O)Nc1cc(Cl)ccc1C#N)c1ccc(Br)cc1. The van der Waals surface area contributed by atoms with Crippen LogP contribution in [0.1, 0.15) is 30.5 Å². The van der Waals surface area contributed by atoms with Crippen LogP contribution in [0.3, 0.4) is 0 Å². The number of nitrogens with one attached hydrogen (secondary N) is 1. The second-order valence-electron chi connectivity index (χ2n) is 5.36. The lowest BCUT2D eigenvalue weighted by Crippen LogP contribution is -2.87. The molecular formula is C18H18BrClN3O+. The molecule has 1 amide bonds. The molecule has 6 heteroatoms. The Labute approximate surface area is 155 Å². The third-order valence-corrected chi connectivity index (χ3v) is 4.47. The van der Waals surface area contributed by atoms with Crippen molar-refractivity contribution in [2.24, 2.45) is 0 Å². The zero-order chi connectivity index (χ0) is 17.5. The number of nitrogens with two attached hydrogens (primary N) is 1. The highest BCUT2D eigenvalue weighted by Gasteiger charge is 2.15. The second kappa shape index (κ2) is 8.84. The molecule has 0 unspecified atom stereocenters. The summed E-state index contributed by atoms with van der Waals surface area (Å²) < 4.78 is 1.03. The van der Waals surface area contributed by atoms with Gasteiger partial charge in [0.1, 0.15) is 12.1 Å². The van der Waals surface area contributed by atoms with Gasteiger partial charge in [0, 0.05) is 21.5 Å². The van der Waals surface area contributed by atoms with Gasteiger partial charge in [-0.1, -0.05) is 46.6 Å². The molecular weight excluding hydrogens is 390 g/mol. The summed E-state index contributed by atoms with van der Waals surface area (Å²) in [5, 5.41) is 14.3. The molecule has 0 heterocycles. The maximum absolute atomic E-state index is 12.2. The number of anilines is 1. The van der Waals surface area contributed by atoms with Crippen LogP contribution in [0.4, 0.5) is 5.69 Å². The van der Waals surface area contributed by atoms with Crippen LogP contribution >= 0.6 is 27.5 Å². The molecule has 3 N–H and O–H groups in total. The molecule has 2 rings (SSSR count). The third-order valence-electron chi connectivity index (χ3n) is 3.70. The van der Waals surface area contributed by atoms with E-state index in [0.717, 1.165) is 10.9 Å². The van der Waals surface area contributed by atoms with Gasteiger partial charge in [-0.15, -0.1) is 0 Å². The Morgan fingerprint density at radius 2 is 2.04 bits per heavy atom. The molecule has 0 aliphatic carbocycles. The Bertz CT molecular complexity index is 756. The van der Waals surface area contributed by atoms with Gasteiger partial charge in [-0.2, -0.15) is 5.26 Å². The summed E-state index contributed by atoms with van der Waals surface area (Å²) in [6.07, 6.45) is 0.912. The van der Waals surface area contributed by atoms with E-state index in [1.807, 2.05) is 23.5 Å². The molecule has 2 aromatic rings. The van der Waals surface area contributed by atoms with Gasteiger partial charge in [0.15, 0.2) is 6.54 Å². The molecule has 0 saturated carbocycles. The number of nitrogens with zero attached hydrogens (tertiary/aromatic N) is 1. The first-order valence-corrected chi connectivity index (χ1v) is 8.79. The number of halogens is 2. The Hall–Kier alpha value is -1.87. The molecule has 0 fully saturated rings. The number of quaternary nitrogens is 1. The molecule has 0 spiro atoms. The predicted octanol–water partition coefficient (Wildman–Crippen LogP) is 3.63. The number of carbonyl (C=O) groups excluding carboxylic acids is 1. The number of amides is 1. The van der Waals surface area contributed by atoms with E-state index in [9.17, 15) is 4.79 Å². The van der Waals surface area contributed by atoms with Gasteiger partial charge in [-0.25, -0.2) is 0 Å². The van der Waals surface area contributed by atoms with Gasteiger partial charge in [0.05, 0.1) is 11.3 Å². The van der Waals surface area contributed by atoms with Crippen molar-refractivity contribution in [1.82, 2.24) is 0 Å². The Morgan fingerprint density at radius 1 is 1.33 bits per heavy atom. The fourth-order valence-corrected chi connectivity index (χ4v) is 2.85. The van der Waals surface area contributed by atoms with Crippen LogP contribution in [-0.2, 0) is 4.79 Å². The van der Waals surface area contributed by atoms with Crippen molar-refractivity contribution in [3.63, 3.8) is 0 Å². The molecule has 0 bridgehead atoms. The molecule has 2 aromatic carbocycles. The summed E-state index contributed by atoms with van der Waals surface area (Å²) in [7, 11) is 0. The van der Waals surface area contributed by atoms with E-state index in [1.54, 1.807) is 18.2 Å². The molecule has 0 radical (unpaired) electrons. The zero-order valence-electron chi connectivity index (χ0n) is 13.2. The van der Waals surface area contributed by atoms with Crippen molar-refractivity contribution in [3.8, 4) is 6.07 Å². The Morgan fingerprint density at radius 3 is 2.67 bits per heavy atom. The minimum absolute atomic E-state index is 0.163. The van der Waals surface area contributed by atoms with E-state index in [2.05, 4.69) is 40.3 Å². The van der Waals surface area contributed by atoms with Crippen molar-refractivity contribution in [2.45, 2.75) is 19.4 Å². The van der Waals surface area contributed by atoms with Gasteiger partial charge < -0.3 is 10.6 Å². The molecule has 0 aliphatic heterocycles. The topological polar surface area (TPSA) is 69.5 Å². The molecule has 124 valence electrons. The maximum Gasteiger partial charge on any atom is 0.279 e. The lowest BCUT2D eigenvalue weighted by atomic mass is 10.0. The summed E-state index contributed by atoms with van der Waals surface area (Å²) in [5.74, 6) is -0.163. The van der Waals surface area contributed by atoms with Crippen molar-refractivity contribution < 1.29 is 10.1 Å². The predicted molar refractivity (Wildman–Crippen MR) is 98.8 cm³/mol. The monoisotopic (exact) mass is 406 g/mol. The summed E-state index contributed by atoms with van der Waals surface area (Å²) in [6, 6.07) is 15.2. The molecule has 0 saturated heterocycles. The Balaban J connectivity index is 1.98. The lowest BCUT2D eigenvalue weighted by Gasteiger charge is -2.14. The highest BCUT2D eigenvalue weighted by atomic mass is 79.9. The highest BCUT2D eigenvalue weighted by Crippen LogP contribution is 2.20. The number of carbonyl (C=O) groups is 1. The van der Waals surface area contributed by atoms with E-state index >= 15 is 0 Å². The quantitative estimate of drug-likeness (QED) is 0.768. The maximum atomic E-state index is 12.2. The molecule has 1 atom stereocenters. The fraction of sp³-hybridized carbons (Fsp3) is 0.222. The first-order chi connectivity index (χ1) is 11.5. The van der Waals surface area contributed by atoms with Gasteiger partial charge in [0.2, 0.25) is 0 Å². The molecule has 0 aromatic heterocycles. The van der Waals surface area contributed by atoms with Gasteiger partial charge >= 0.3 is 0 Å². The van der Waals surface area contributed by atoms with Crippen molar-refractivity contribution in [1.29, 1.82) is 5.26 Å². The number of hydrogen-bond donors (Lipinski definition) is 2. The number of hydrogen-bond acceptors (Lipinski definition) is 2. The van der Waals surface area contributed by atoms with Crippen LogP contribution in [0.25, 0.3) is 0 Å². The normalized spacial score (nSPS) is 11.6. The smallest absolute Gasteiger partial charge is 0.279 e. The first-order valence-electron chi connectivity index (χ1n) is 7.61.